The fourth-order valence-corrected chi connectivity index (χ4v) is 4.55. The highest BCUT2D eigenvalue weighted by atomic mass is 32.2. The van der Waals surface area contributed by atoms with Crippen LogP contribution in [-0.4, -0.2) is 44.1 Å². The zero-order chi connectivity index (χ0) is 18.0. The molecule has 1 atom stereocenters. The maximum Gasteiger partial charge on any atom is 0.341 e. The molecule has 1 heterocycles. The van der Waals surface area contributed by atoms with Gasteiger partial charge in [0.15, 0.2) is 0 Å². The lowest BCUT2D eigenvalue weighted by molar-refractivity contribution is -0.134. The summed E-state index contributed by atoms with van der Waals surface area (Å²) in [4.78, 5) is 13.9. The van der Waals surface area contributed by atoms with Crippen molar-refractivity contribution in [3.8, 4) is 0 Å². The number of rotatable bonds is 5. The number of anilines is 1. The van der Waals surface area contributed by atoms with E-state index in [0.717, 1.165) is 25.7 Å². The fourth-order valence-electron chi connectivity index (χ4n) is 3.66. The Morgan fingerprint density at radius 1 is 1.16 bits per heavy atom. The van der Waals surface area contributed by atoms with Crippen LogP contribution in [0.5, 0.6) is 0 Å². The van der Waals surface area contributed by atoms with E-state index in [4.69, 9.17) is 0 Å². The van der Waals surface area contributed by atoms with Crippen LogP contribution in [0.25, 0.3) is 0 Å². The number of halogens is 2. The lowest BCUT2D eigenvalue weighted by Gasteiger charge is -2.21. The molecule has 1 aliphatic heterocycles. The molecule has 0 spiro atoms. The highest BCUT2D eigenvalue weighted by molar-refractivity contribution is 7.91. The van der Waals surface area contributed by atoms with Gasteiger partial charge in [-0.25, -0.2) is 8.42 Å². The Morgan fingerprint density at radius 3 is 2.52 bits per heavy atom. The summed E-state index contributed by atoms with van der Waals surface area (Å²) >= 11 is 0. The molecule has 1 aromatic carbocycles. The van der Waals surface area contributed by atoms with E-state index in [1.807, 2.05) is 0 Å². The number of para-hydroxylation sites is 1. The standard InChI is InChI=1S/C17H22F2N2O3S/c18-17(19)25(23,24)15-8-4-3-7-14(15)20-13-9-10-21(11-13)16(22)12-5-1-2-6-12/h3-4,7-8,12-13,17,20H,1-2,5-6,9-11H2. The normalized spacial score (nSPS) is 21.9. The van der Waals surface area contributed by atoms with Crippen molar-refractivity contribution in [2.24, 2.45) is 5.92 Å². The molecule has 5 nitrogen and oxygen atoms in total. The van der Waals surface area contributed by atoms with Crippen molar-refractivity contribution >= 4 is 21.4 Å². The molecule has 138 valence electrons. The summed E-state index contributed by atoms with van der Waals surface area (Å²) in [7, 11) is -4.67. The number of nitrogens with one attached hydrogen (secondary N) is 1. The van der Waals surface area contributed by atoms with Gasteiger partial charge in [0.05, 0.1) is 10.6 Å². The number of nitrogens with zero attached hydrogens (tertiary/aromatic N) is 1. The van der Waals surface area contributed by atoms with Crippen LogP contribution < -0.4 is 5.32 Å². The summed E-state index contributed by atoms with van der Waals surface area (Å²) in [5.74, 6) is -3.19. The van der Waals surface area contributed by atoms with Crippen molar-refractivity contribution in [1.82, 2.24) is 4.90 Å². The second-order valence-corrected chi connectivity index (χ2v) is 8.58. The van der Waals surface area contributed by atoms with Gasteiger partial charge in [-0.3, -0.25) is 4.79 Å². The van der Waals surface area contributed by atoms with Gasteiger partial charge in [-0.05, 0) is 31.4 Å². The number of hydrogen-bond acceptors (Lipinski definition) is 4. The molecule has 1 N–H and O–H groups in total. The Morgan fingerprint density at radius 2 is 1.84 bits per heavy atom. The number of alkyl halides is 2. The molecule has 2 aliphatic rings. The molecule has 1 aliphatic carbocycles. The SMILES string of the molecule is O=C(C1CCCC1)N1CCC(Nc2ccccc2S(=O)(=O)C(F)F)C1. The average Bonchev–Trinajstić information content (AvgIpc) is 3.26. The Kier molecular flexibility index (Phi) is 5.27. The van der Waals surface area contributed by atoms with Crippen molar-refractivity contribution in [3.05, 3.63) is 24.3 Å². The summed E-state index contributed by atoms with van der Waals surface area (Å²) in [5, 5.41) is 3.04. The first-order chi connectivity index (χ1) is 11.9. The lowest BCUT2D eigenvalue weighted by atomic mass is 10.1. The molecule has 0 aromatic heterocycles. The highest BCUT2D eigenvalue weighted by Crippen LogP contribution is 2.30. The number of carbonyl (C=O) groups excluding carboxylic acids is 1. The van der Waals surface area contributed by atoms with Crippen LogP contribution in [0.4, 0.5) is 14.5 Å². The van der Waals surface area contributed by atoms with Gasteiger partial charge in [-0.1, -0.05) is 25.0 Å². The Bertz CT molecular complexity index is 733. The monoisotopic (exact) mass is 372 g/mol. The second-order valence-electron chi connectivity index (χ2n) is 6.70. The summed E-state index contributed by atoms with van der Waals surface area (Å²) in [6, 6.07) is 5.55. The van der Waals surface area contributed by atoms with Gasteiger partial charge in [0.1, 0.15) is 0 Å². The molecule has 25 heavy (non-hydrogen) atoms. The van der Waals surface area contributed by atoms with Gasteiger partial charge >= 0.3 is 5.76 Å². The maximum absolute atomic E-state index is 12.9. The van der Waals surface area contributed by atoms with Crippen LogP contribution in [0, 0.1) is 5.92 Å². The minimum absolute atomic E-state index is 0.102. The zero-order valence-electron chi connectivity index (χ0n) is 13.8. The molecule has 0 bridgehead atoms. The third-order valence-electron chi connectivity index (χ3n) is 4.99. The number of benzene rings is 1. The average molecular weight is 372 g/mol. The Hall–Kier alpha value is -1.70. The molecule has 3 rings (SSSR count). The Balaban J connectivity index is 1.69. The van der Waals surface area contributed by atoms with E-state index in [0.29, 0.717) is 19.5 Å². The van der Waals surface area contributed by atoms with Gasteiger partial charge in [-0.15, -0.1) is 0 Å². The van der Waals surface area contributed by atoms with E-state index in [1.54, 1.807) is 11.0 Å². The predicted molar refractivity (Wildman–Crippen MR) is 90.2 cm³/mol. The van der Waals surface area contributed by atoms with E-state index in [1.165, 1.54) is 18.2 Å². The molecule has 0 radical (unpaired) electrons. The molecular formula is C17H22F2N2O3S. The van der Waals surface area contributed by atoms with E-state index in [-0.39, 0.29) is 23.6 Å². The van der Waals surface area contributed by atoms with Crippen LogP contribution in [-0.2, 0) is 14.6 Å². The van der Waals surface area contributed by atoms with Crippen LogP contribution in [0.3, 0.4) is 0 Å². The number of amides is 1. The van der Waals surface area contributed by atoms with Crippen molar-refractivity contribution in [2.45, 2.75) is 48.8 Å². The van der Waals surface area contributed by atoms with Crippen molar-refractivity contribution in [1.29, 1.82) is 0 Å². The van der Waals surface area contributed by atoms with E-state index in [2.05, 4.69) is 5.32 Å². The quantitative estimate of drug-likeness (QED) is 0.863. The van der Waals surface area contributed by atoms with Gasteiger partial charge in [0.25, 0.3) is 0 Å². The van der Waals surface area contributed by atoms with Crippen LogP contribution in [0.2, 0.25) is 0 Å². The van der Waals surface area contributed by atoms with Gasteiger partial charge < -0.3 is 10.2 Å². The third kappa shape index (κ3) is 3.78. The number of carbonyl (C=O) groups is 1. The highest BCUT2D eigenvalue weighted by Gasteiger charge is 2.34. The van der Waals surface area contributed by atoms with E-state index < -0.39 is 20.5 Å². The molecule has 8 heteroatoms. The Labute approximate surface area is 146 Å². The van der Waals surface area contributed by atoms with Gasteiger partial charge in [0.2, 0.25) is 15.7 Å². The smallest absolute Gasteiger partial charge is 0.341 e. The first kappa shape index (κ1) is 18.1. The fraction of sp³-hybridized carbons (Fsp3) is 0.588. The predicted octanol–water partition coefficient (Wildman–Crippen LogP) is 2.89. The maximum atomic E-state index is 12.9. The molecule has 1 unspecified atom stereocenters. The summed E-state index contributed by atoms with van der Waals surface area (Å²) in [6.07, 6.45) is 4.71. The summed E-state index contributed by atoms with van der Waals surface area (Å²) in [6.45, 7) is 1.08. The summed E-state index contributed by atoms with van der Waals surface area (Å²) < 4.78 is 49.4. The van der Waals surface area contributed by atoms with E-state index >= 15 is 0 Å². The summed E-state index contributed by atoms with van der Waals surface area (Å²) in [5.41, 5.74) is 0.169. The van der Waals surface area contributed by atoms with E-state index in [9.17, 15) is 22.0 Å². The first-order valence-corrected chi connectivity index (χ1v) is 10.1. The number of likely N-dealkylation sites (tertiary alicyclic amines) is 1. The van der Waals surface area contributed by atoms with Crippen molar-refractivity contribution < 1.29 is 22.0 Å². The molecule has 1 saturated carbocycles. The molecule has 1 saturated heterocycles. The van der Waals surface area contributed by atoms with Gasteiger partial charge in [-0.2, -0.15) is 8.78 Å². The minimum atomic E-state index is -4.67. The number of hydrogen-bond donors (Lipinski definition) is 1. The second kappa shape index (κ2) is 7.27. The van der Waals surface area contributed by atoms with Crippen LogP contribution in [0.1, 0.15) is 32.1 Å². The third-order valence-corrected chi connectivity index (χ3v) is 6.43. The largest absolute Gasteiger partial charge is 0.379 e. The van der Waals surface area contributed by atoms with Crippen LogP contribution >= 0.6 is 0 Å². The first-order valence-electron chi connectivity index (χ1n) is 8.56. The van der Waals surface area contributed by atoms with Crippen LogP contribution in [0.15, 0.2) is 29.2 Å². The zero-order valence-corrected chi connectivity index (χ0v) is 14.6. The lowest BCUT2D eigenvalue weighted by Crippen LogP contribution is -2.35. The number of sulfone groups is 1. The van der Waals surface area contributed by atoms with Crippen molar-refractivity contribution in [3.63, 3.8) is 0 Å². The molecule has 1 amide bonds. The van der Waals surface area contributed by atoms with Gasteiger partial charge in [0, 0.05) is 25.0 Å². The molecule has 2 fully saturated rings. The topological polar surface area (TPSA) is 66.5 Å². The minimum Gasteiger partial charge on any atom is -0.379 e. The van der Waals surface area contributed by atoms with Crippen molar-refractivity contribution in [2.75, 3.05) is 18.4 Å². The molecule has 1 aromatic rings. The molecular weight excluding hydrogens is 350 g/mol.